The topological polar surface area (TPSA) is 15.3 Å². The van der Waals surface area contributed by atoms with Crippen molar-refractivity contribution in [3.05, 3.63) is 11.6 Å². The lowest BCUT2D eigenvalue weighted by Gasteiger charge is -2.35. The van der Waals surface area contributed by atoms with E-state index in [9.17, 15) is 0 Å². The van der Waals surface area contributed by atoms with Crippen molar-refractivity contribution >= 4 is 11.6 Å². The molecular formula is C10H19ClN2. The fourth-order valence-corrected chi connectivity index (χ4v) is 1.84. The summed E-state index contributed by atoms with van der Waals surface area (Å²) in [4.78, 5) is 2.36. The molecule has 0 aromatic rings. The first-order valence-corrected chi connectivity index (χ1v) is 5.26. The zero-order valence-electron chi connectivity index (χ0n) is 8.52. The maximum atomic E-state index is 5.78. The van der Waals surface area contributed by atoms with E-state index in [0.29, 0.717) is 12.0 Å². The van der Waals surface area contributed by atoms with Crippen LogP contribution >= 0.6 is 11.6 Å². The van der Waals surface area contributed by atoms with Crippen LogP contribution in [0.1, 0.15) is 13.8 Å². The lowest BCUT2D eigenvalue weighted by atomic mass is 10.0. The molecule has 0 spiro atoms. The predicted octanol–water partition coefficient (Wildman–Crippen LogP) is 1.67. The molecule has 0 aliphatic carbocycles. The Morgan fingerprint density at radius 2 is 2.38 bits per heavy atom. The molecule has 0 amide bonds. The van der Waals surface area contributed by atoms with Crippen LogP contribution in [0, 0.1) is 5.92 Å². The van der Waals surface area contributed by atoms with E-state index in [1.54, 1.807) is 0 Å². The zero-order chi connectivity index (χ0) is 9.84. The Morgan fingerprint density at radius 1 is 1.69 bits per heavy atom. The van der Waals surface area contributed by atoms with E-state index in [-0.39, 0.29) is 0 Å². The van der Waals surface area contributed by atoms with E-state index < -0.39 is 0 Å². The molecule has 1 rings (SSSR count). The molecule has 0 radical (unpaired) electrons. The first kappa shape index (κ1) is 11.0. The SMILES string of the molecule is C=C(Cl)CN1CCNC(C(C)C)C1. The number of rotatable bonds is 3. The molecule has 1 fully saturated rings. The molecule has 13 heavy (non-hydrogen) atoms. The highest BCUT2D eigenvalue weighted by Crippen LogP contribution is 2.10. The molecule has 1 atom stereocenters. The average molecular weight is 203 g/mol. The van der Waals surface area contributed by atoms with Crippen LogP contribution in [-0.4, -0.2) is 37.1 Å². The second-order valence-corrected chi connectivity index (χ2v) is 4.59. The Morgan fingerprint density at radius 3 is 2.92 bits per heavy atom. The van der Waals surface area contributed by atoms with Crippen molar-refractivity contribution in [2.24, 2.45) is 5.92 Å². The van der Waals surface area contributed by atoms with Gasteiger partial charge in [-0.3, -0.25) is 4.90 Å². The van der Waals surface area contributed by atoms with Crippen molar-refractivity contribution in [3.8, 4) is 0 Å². The number of hydrogen-bond donors (Lipinski definition) is 1. The minimum absolute atomic E-state index is 0.602. The quantitative estimate of drug-likeness (QED) is 0.749. The van der Waals surface area contributed by atoms with E-state index in [0.717, 1.165) is 31.2 Å². The summed E-state index contributed by atoms with van der Waals surface area (Å²) in [5.74, 6) is 0.686. The van der Waals surface area contributed by atoms with Crippen molar-refractivity contribution in [2.75, 3.05) is 26.2 Å². The average Bonchev–Trinajstić information content (AvgIpc) is 2.03. The van der Waals surface area contributed by atoms with Crippen molar-refractivity contribution in [2.45, 2.75) is 19.9 Å². The van der Waals surface area contributed by atoms with Crippen LogP contribution < -0.4 is 5.32 Å². The largest absolute Gasteiger partial charge is 0.311 e. The minimum atomic E-state index is 0.602. The van der Waals surface area contributed by atoms with Gasteiger partial charge in [0.2, 0.25) is 0 Å². The number of nitrogens with one attached hydrogen (secondary N) is 1. The number of halogens is 1. The Bertz CT molecular complexity index is 180. The fourth-order valence-electron chi connectivity index (χ4n) is 1.67. The lowest BCUT2D eigenvalue weighted by molar-refractivity contribution is 0.189. The first-order valence-electron chi connectivity index (χ1n) is 4.88. The van der Waals surface area contributed by atoms with E-state index in [2.05, 4.69) is 30.6 Å². The van der Waals surface area contributed by atoms with Gasteiger partial charge in [-0.25, -0.2) is 0 Å². The molecule has 1 N–H and O–H groups in total. The third-order valence-corrected chi connectivity index (χ3v) is 2.61. The fraction of sp³-hybridized carbons (Fsp3) is 0.800. The molecule has 2 nitrogen and oxygen atoms in total. The van der Waals surface area contributed by atoms with E-state index in [4.69, 9.17) is 11.6 Å². The van der Waals surface area contributed by atoms with Gasteiger partial charge in [0.1, 0.15) is 0 Å². The van der Waals surface area contributed by atoms with Crippen molar-refractivity contribution in [1.29, 1.82) is 0 Å². The van der Waals surface area contributed by atoms with Crippen LogP contribution in [0.4, 0.5) is 0 Å². The van der Waals surface area contributed by atoms with Crippen LogP contribution in [0.25, 0.3) is 0 Å². The van der Waals surface area contributed by atoms with Gasteiger partial charge >= 0.3 is 0 Å². The van der Waals surface area contributed by atoms with Crippen molar-refractivity contribution in [3.63, 3.8) is 0 Å². The summed E-state index contributed by atoms with van der Waals surface area (Å²) in [6, 6.07) is 0.602. The van der Waals surface area contributed by atoms with Gasteiger partial charge in [0.25, 0.3) is 0 Å². The molecule has 76 valence electrons. The molecule has 1 aliphatic rings. The monoisotopic (exact) mass is 202 g/mol. The number of piperazine rings is 1. The number of hydrogen-bond acceptors (Lipinski definition) is 2. The van der Waals surface area contributed by atoms with Gasteiger partial charge in [0.05, 0.1) is 0 Å². The molecule has 0 bridgehead atoms. The van der Waals surface area contributed by atoms with Gasteiger partial charge in [0, 0.05) is 37.3 Å². The van der Waals surface area contributed by atoms with Gasteiger partial charge in [-0.15, -0.1) is 0 Å². The molecule has 0 aromatic carbocycles. The summed E-state index contributed by atoms with van der Waals surface area (Å²) in [5.41, 5.74) is 0. The van der Waals surface area contributed by atoms with E-state index in [1.165, 1.54) is 0 Å². The normalized spacial score (nSPS) is 25.1. The zero-order valence-corrected chi connectivity index (χ0v) is 9.27. The standard InChI is InChI=1S/C10H19ClN2/c1-8(2)10-7-13(5-4-12-10)6-9(3)11/h8,10,12H,3-7H2,1-2H3. The molecule has 3 heteroatoms. The molecule has 0 aromatic heterocycles. The van der Waals surface area contributed by atoms with Crippen LogP contribution in [0.2, 0.25) is 0 Å². The number of nitrogens with zero attached hydrogens (tertiary/aromatic N) is 1. The highest BCUT2D eigenvalue weighted by atomic mass is 35.5. The molecule has 1 saturated heterocycles. The van der Waals surface area contributed by atoms with Gasteiger partial charge in [0.15, 0.2) is 0 Å². The van der Waals surface area contributed by atoms with Gasteiger partial charge in [-0.05, 0) is 5.92 Å². The predicted molar refractivity (Wildman–Crippen MR) is 58.1 cm³/mol. The second kappa shape index (κ2) is 4.99. The van der Waals surface area contributed by atoms with Gasteiger partial charge in [-0.1, -0.05) is 32.0 Å². The summed E-state index contributed by atoms with van der Waals surface area (Å²) in [5, 5.41) is 4.25. The smallest absolute Gasteiger partial charge is 0.0336 e. The highest BCUT2D eigenvalue weighted by Gasteiger charge is 2.21. The van der Waals surface area contributed by atoms with Crippen LogP contribution in [0.3, 0.4) is 0 Å². The van der Waals surface area contributed by atoms with Gasteiger partial charge < -0.3 is 5.32 Å². The second-order valence-electron chi connectivity index (χ2n) is 4.06. The first-order chi connectivity index (χ1) is 6.09. The molecular weight excluding hydrogens is 184 g/mol. The summed E-state index contributed by atoms with van der Waals surface area (Å²) in [6.07, 6.45) is 0. The summed E-state index contributed by atoms with van der Waals surface area (Å²) in [6.45, 7) is 12.3. The van der Waals surface area contributed by atoms with Crippen molar-refractivity contribution in [1.82, 2.24) is 10.2 Å². The Hall–Kier alpha value is -0.0500. The summed E-state index contributed by atoms with van der Waals surface area (Å²) >= 11 is 5.78. The van der Waals surface area contributed by atoms with Crippen LogP contribution in [-0.2, 0) is 0 Å². The Kier molecular flexibility index (Phi) is 4.23. The van der Waals surface area contributed by atoms with Gasteiger partial charge in [-0.2, -0.15) is 0 Å². The van der Waals surface area contributed by atoms with Crippen molar-refractivity contribution < 1.29 is 0 Å². The molecule has 0 saturated carbocycles. The third-order valence-electron chi connectivity index (χ3n) is 2.49. The summed E-state index contributed by atoms with van der Waals surface area (Å²) in [7, 11) is 0. The van der Waals surface area contributed by atoms with Crippen LogP contribution in [0.5, 0.6) is 0 Å². The Labute approximate surface area is 85.9 Å². The van der Waals surface area contributed by atoms with E-state index in [1.807, 2.05) is 0 Å². The molecule has 1 aliphatic heterocycles. The highest BCUT2D eigenvalue weighted by molar-refractivity contribution is 6.29. The molecule has 1 unspecified atom stereocenters. The Balaban J connectivity index is 2.37. The van der Waals surface area contributed by atoms with E-state index >= 15 is 0 Å². The minimum Gasteiger partial charge on any atom is -0.311 e. The lowest BCUT2D eigenvalue weighted by Crippen LogP contribution is -2.52. The molecule has 1 heterocycles. The maximum absolute atomic E-state index is 5.78. The van der Waals surface area contributed by atoms with Crippen LogP contribution in [0.15, 0.2) is 11.6 Å². The summed E-state index contributed by atoms with van der Waals surface area (Å²) < 4.78 is 0. The third kappa shape index (κ3) is 3.67. The maximum Gasteiger partial charge on any atom is 0.0336 e.